The maximum atomic E-state index is 13.7. The predicted molar refractivity (Wildman–Crippen MR) is 135 cm³/mol. The molecule has 2 aromatic carbocycles. The van der Waals surface area contributed by atoms with Gasteiger partial charge in [-0.2, -0.15) is 0 Å². The summed E-state index contributed by atoms with van der Waals surface area (Å²) in [5, 5.41) is 1.54. The highest BCUT2D eigenvalue weighted by Crippen LogP contribution is 2.34. The first kappa shape index (κ1) is 22.8. The normalized spacial score (nSPS) is 14.7. The molecule has 34 heavy (non-hydrogen) atoms. The molecule has 0 N–H and O–H groups in total. The Morgan fingerprint density at radius 2 is 2.03 bits per heavy atom. The smallest absolute Gasteiger partial charge is 0.295 e. The van der Waals surface area contributed by atoms with Crippen molar-refractivity contribution in [2.45, 2.75) is 20.3 Å². The summed E-state index contributed by atoms with van der Waals surface area (Å²) in [6.07, 6.45) is 0.837. The molecule has 0 atom stereocenters. The van der Waals surface area contributed by atoms with Crippen LogP contribution in [0.15, 0.2) is 40.8 Å². The fraction of sp³-hybridized carbons (Fsp3) is 0.385. The topological polar surface area (TPSA) is 68.0 Å². The highest BCUT2D eigenvalue weighted by atomic mass is 32.1. The first-order valence-electron chi connectivity index (χ1n) is 11.6. The van der Waals surface area contributed by atoms with Crippen LogP contribution in [0.2, 0.25) is 0 Å². The van der Waals surface area contributed by atoms with Gasteiger partial charge in [-0.05, 0) is 49.6 Å². The Kier molecular flexibility index (Phi) is 6.54. The van der Waals surface area contributed by atoms with Crippen LogP contribution >= 0.6 is 11.3 Å². The number of benzene rings is 2. The lowest BCUT2D eigenvalue weighted by molar-refractivity contribution is 0.0376. The molecule has 0 aliphatic carbocycles. The van der Waals surface area contributed by atoms with Crippen molar-refractivity contribution in [1.29, 1.82) is 0 Å². The van der Waals surface area contributed by atoms with Crippen molar-refractivity contribution in [3.63, 3.8) is 0 Å². The van der Waals surface area contributed by atoms with Gasteiger partial charge in [0.1, 0.15) is 0 Å². The van der Waals surface area contributed by atoms with Gasteiger partial charge in [0.25, 0.3) is 5.91 Å². The zero-order chi connectivity index (χ0) is 23.7. The van der Waals surface area contributed by atoms with Crippen LogP contribution in [-0.4, -0.2) is 62.3 Å². The van der Waals surface area contributed by atoms with Gasteiger partial charge in [0.15, 0.2) is 22.2 Å². The van der Waals surface area contributed by atoms with Crippen molar-refractivity contribution >= 4 is 43.6 Å². The van der Waals surface area contributed by atoms with Gasteiger partial charge in [-0.1, -0.05) is 29.5 Å². The van der Waals surface area contributed by atoms with Crippen LogP contribution < -0.4 is 9.64 Å². The molecule has 1 saturated heterocycles. The van der Waals surface area contributed by atoms with Crippen LogP contribution in [0.5, 0.6) is 5.75 Å². The van der Waals surface area contributed by atoms with E-state index in [1.165, 1.54) is 5.56 Å². The number of thiazole rings is 1. The third-order valence-electron chi connectivity index (χ3n) is 6.19. The number of aromatic nitrogens is 1. The number of methoxy groups -OCH3 is 1. The number of morpholine rings is 1. The summed E-state index contributed by atoms with van der Waals surface area (Å²) in [7, 11) is 1.60. The molecule has 2 aromatic heterocycles. The molecule has 0 saturated carbocycles. The van der Waals surface area contributed by atoms with Gasteiger partial charge in [0.2, 0.25) is 0 Å². The number of nitrogens with zero attached hydrogens (tertiary/aromatic N) is 3. The summed E-state index contributed by atoms with van der Waals surface area (Å²) in [6.45, 7) is 8.99. The van der Waals surface area contributed by atoms with E-state index in [-0.39, 0.29) is 11.7 Å². The van der Waals surface area contributed by atoms with E-state index in [4.69, 9.17) is 18.9 Å². The molecule has 0 spiro atoms. The number of aryl methyl sites for hydroxylation is 2. The van der Waals surface area contributed by atoms with E-state index in [0.717, 1.165) is 60.4 Å². The first-order chi connectivity index (χ1) is 16.5. The Labute approximate surface area is 202 Å². The predicted octanol–water partition coefficient (Wildman–Crippen LogP) is 5.04. The highest BCUT2D eigenvalue weighted by Gasteiger charge is 2.25. The molecule has 8 heteroatoms. The van der Waals surface area contributed by atoms with E-state index in [9.17, 15) is 4.79 Å². The maximum Gasteiger partial charge on any atom is 0.295 e. The number of hydrogen-bond donors (Lipinski definition) is 0. The lowest BCUT2D eigenvalue weighted by atomic mass is 10.1. The molecule has 0 radical (unpaired) electrons. The van der Waals surface area contributed by atoms with Crippen LogP contribution in [0.4, 0.5) is 5.13 Å². The first-order valence-corrected chi connectivity index (χ1v) is 12.4. The molecule has 1 fully saturated rings. The van der Waals surface area contributed by atoms with E-state index >= 15 is 0 Å². The van der Waals surface area contributed by atoms with Gasteiger partial charge in [-0.3, -0.25) is 14.6 Å². The molecule has 5 rings (SSSR count). The Morgan fingerprint density at radius 3 is 2.82 bits per heavy atom. The van der Waals surface area contributed by atoms with Crippen LogP contribution in [-0.2, 0) is 4.74 Å². The minimum atomic E-state index is -0.186. The number of hydrogen-bond acceptors (Lipinski definition) is 7. The molecule has 7 nitrogen and oxygen atoms in total. The Hall–Kier alpha value is -2.94. The van der Waals surface area contributed by atoms with Gasteiger partial charge in [-0.15, -0.1) is 0 Å². The SMILES string of the molecule is COc1cccc2cc(C(=O)N(CCCN3CCOCC3)c3nc4c(C)cc(C)cc4s3)oc12. The Balaban J connectivity index is 1.47. The number of rotatable bonds is 7. The van der Waals surface area contributed by atoms with Gasteiger partial charge >= 0.3 is 0 Å². The molecule has 1 aliphatic rings. The summed E-state index contributed by atoms with van der Waals surface area (Å²) in [4.78, 5) is 22.8. The standard InChI is InChI=1S/C26H29N3O4S/c1-17-14-18(2)23-22(15-17)34-26(27-23)29(9-5-8-28-10-12-32-13-11-28)25(30)21-16-19-6-4-7-20(31-3)24(19)33-21/h4,6-7,14-16H,5,8-13H2,1-3H3. The zero-order valence-corrected chi connectivity index (χ0v) is 20.6. The van der Waals surface area contributed by atoms with E-state index in [2.05, 4.69) is 30.9 Å². The van der Waals surface area contributed by atoms with Crippen LogP contribution in [0.3, 0.4) is 0 Å². The van der Waals surface area contributed by atoms with Crippen molar-refractivity contribution < 1.29 is 18.7 Å². The average molecular weight is 480 g/mol. The van der Waals surface area contributed by atoms with E-state index < -0.39 is 0 Å². The number of amides is 1. The van der Waals surface area contributed by atoms with Gasteiger partial charge in [0.05, 0.1) is 30.5 Å². The minimum Gasteiger partial charge on any atom is -0.493 e. The lowest BCUT2D eigenvalue weighted by Gasteiger charge is -2.27. The Bertz CT molecular complexity index is 1320. The zero-order valence-electron chi connectivity index (χ0n) is 19.8. The monoisotopic (exact) mass is 479 g/mol. The lowest BCUT2D eigenvalue weighted by Crippen LogP contribution is -2.39. The number of fused-ring (bicyclic) bond motifs is 2. The molecular weight excluding hydrogens is 450 g/mol. The molecule has 1 amide bonds. The second-order valence-electron chi connectivity index (χ2n) is 8.68. The number of anilines is 1. The number of carbonyl (C=O) groups excluding carboxylic acids is 1. The summed E-state index contributed by atoms with van der Waals surface area (Å²) in [5.74, 6) is 0.716. The molecule has 178 valence electrons. The quantitative estimate of drug-likeness (QED) is 0.370. The third kappa shape index (κ3) is 4.53. The van der Waals surface area contributed by atoms with Crippen molar-refractivity contribution in [3.05, 3.63) is 53.3 Å². The number of para-hydroxylation sites is 1. The minimum absolute atomic E-state index is 0.186. The molecule has 1 aliphatic heterocycles. The average Bonchev–Trinajstić information content (AvgIpc) is 3.46. The second kappa shape index (κ2) is 9.74. The van der Waals surface area contributed by atoms with Crippen molar-refractivity contribution in [2.24, 2.45) is 0 Å². The molecular formula is C26H29N3O4S. The molecule has 0 unspecified atom stereocenters. The van der Waals surface area contributed by atoms with Crippen LogP contribution in [0.25, 0.3) is 21.2 Å². The van der Waals surface area contributed by atoms with Crippen LogP contribution in [0.1, 0.15) is 28.1 Å². The Morgan fingerprint density at radius 1 is 1.21 bits per heavy atom. The number of furan rings is 1. The summed E-state index contributed by atoms with van der Waals surface area (Å²) in [6, 6.07) is 11.7. The highest BCUT2D eigenvalue weighted by molar-refractivity contribution is 7.22. The molecule has 4 aromatic rings. The van der Waals surface area contributed by atoms with Crippen molar-refractivity contribution in [3.8, 4) is 5.75 Å². The van der Waals surface area contributed by atoms with Crippen molar-refractivity contribution in [1.82, 2.24) is 9.88 Å². The second-order valence-corrected chi connectivity index (χ2v) is 9.69. The van der Waals surface area contributed by atoms with Crippen LogP contribution in [0, 0.1) is 13.8 Å². The fourth-order valence-electron chi connectivity index (χ4n) is 4.47. The molecule has 0 bridgehead atoms. The summed E-state index contributed by atoms with van der Waals surface area (Å²) >= 11 is 1.55. The molecule has 3 heterocycles. The number of carbonyl (C=O) groups is 1. The largest absolute Gasteiger partial charge is 0.493 e. The summed E-state index contributed by atoms with van der Waals surface area (Å²) in [5.41, 5.74) is 3.83. The van der Waals surface area contributed by atoms with Crippen molar-refractivity contribution in [2.75, 3.05) is 51.4 Å². The van der Waals surface area contributed by atoms with E-state index in [1.54, 1.807) is 29.4 Å². The third-order valence-corrected chi connectivity index (χ3v) is 7.22. The maximum absolute atomic E-state index is 13.7. The van der Waals surface area contributed by atoms with E-state index in [0.29, 0.717) is 23.0 Å². The summed E-state index contributed by atoms with van der Waals surface area (Å²) < 4.78 is 18.0. The van der Waals surface area contributed by atoms with Gasteiger partial charge in [0, 0.05) is 31.6 Å². The number of ether oxygens (including phenoxy) is 2. The van der Waals surface area contributed by atoms with Gasteiger partial charge < -0.3 is 13.9 Å². The van der Waals surface area contributed by atoms with E-state index in [1.807, 2.05) is 18.2 Å². The van der Waals surface area contributed by atoms with Gasteiger partial charge in [-0.25, -0.2) is 4.98 Å². The fourth-order valence-corrected chi connectivity index (χ4v) is 5.64.